The van der Waals surface area contributed by atoms with Crippen molar-refractivity contribution in [2.75, 3.05) is 13.2 Å². The number of rotatable bonds is 5. The Bertz CT molecular complexity index is 302. The Kier molecular flexibility index (Phi) is 4.34. The number of carbonyl (C=O) groups is 1. The third kappa shape index (κ3) is 2.97. The molecule has 0 aliphatic heterocycles. The van der Waals surface area contributed by atoms with Gasteiger partial charge in [0.25, 0.3) is 0 Å². The molecule has 0 aliphatic carbocycles. The summed E-state index contributed by atoms with van der Waals surface area (Å²) in [7, 11) is 0. The van der Waals surface area contributed by atoms with Gasteiger partial charge in [0.1, 0.15) is 0 Å². The van der Waals surface area contributed by atoms with Crippen molar-refractivity contribution in [2.24, 2.45) is 0 Å². The minimum absolute atomic E-state index is 0.128. The fourth-order valence-corrected chi connectivity index (χ4v) is 0.879. The summed E-state index contributed by atoms with van der Waals surface area (Å²) in [5.74, 6) is -0.386. The SMILES string of the molecule is CCOC(=O)c1nnc(CCNCl)o1. The molecule has 6 nitrogen and oxygen atoms in total. The van der Waals surface area contributed by atoms with Gasteiger partial charge in [-0.25, -0.2) is 9.63 Å². The van der Waals surface area contributed by atoms with Gasteiger partial charge >= 0.3 is 11.9 Å². The summed E-state index contributed by atoms with van der Waals surface area (Å²) < 4.78 is 9.67. The van der Waals surface area contributed by atoms with E-state index in [4.69, 9.17) is 16.2 Å². The predicted octanol–water partition coefficient (Wildman–Crippen LogP) is 0.532. The first-order valence-electron chi connectivity index (χ1n) is 4.11. The lowest BCUT2D eigenvalue weighted by Crippen LogP contribution is -2.05. The molecule has 0 amide bonds. The van der Waals surface area contributed by atoms with Crippen LogP contribution in [-0.4, -0.2) is 29.3 Å². The zero-order valence-electron chi connectivity index (χ0n) is 7.62. The van der Waals surface area contributed by atoms with E-state index in [0.29, 0.717) is 18.9 Å². The van der Waals surface area contributed by atoms with Crippen molar-refractivity contribution in [1.82, 2.24) is 15.0 Å². The zero-order chi connectivity index (χ0) is 10.4. The number of hydrogen-bond acceptors (Lipinski definition) is 6. The van der Waals surface area contributed by atoms with Gasteiger partial charge in [-0.05, 0) is 18.7 Å². The Hall–Kier alpha value is -1.14. The van der Waals surface area contributed by atoms with Gasteiger partial charge in [0.05, 0.1) is 6.61 Å². The molecule has 1 aromatic heterocycles. The molecule has 1 aromatic rings. The van der Waals surface area contributed by atoms with Gasteiger partial charge < -0.3 is 9.15 Å². The van der Waals surface area contributed by atoms with Crippen LogP contribution in [0, 0.1) is 0 Å². The summed E-state index contributed by atoms with van der Waals surface area (Å²) in [4.78, 5) is 13.5. The number of aromatic nitrogens is 2. The summed E-state index contributed by atoms with van der Waals surface area (Å²) in [6.45, 7) is 2.47. The number of hydrogen-bond donors (Lipinski definition) is 1. The highest BCUT2D eigenvalue weighted by molar-refractivity contribution is 6.13. The number of carbonyl (C=O) groups excluding carboxylic acids is 1. The van der Waals surface area contributed by atoms with E-state index in [9.17, 15) is 4.79 Å². The lowest BCUT2D eigenvalue weighted by molar-refractivity contribution is 0.0478. The van der Waals surface area contributed by atoms with Gasteiger partial charge in [0.2, 0.25) is 5.89 Å². The summed E-state index contributed by atoms with van der Waals surface area (Å²) in [6, 6.07) is 0. The normalized spacial score (nSPS) is 10.1. The van der Waals surface area contributed by atoms with E-state index in [-0.39, 0.29) is 12.5 Å². The molecule has 1 heterocycles. The van der Waals surface area contributed by atoms with Crippen LogP contribution in [-0.2, 0) is 11.2 Å². The van der Waals surface area contributed by atoms with Crippen molar-refractivity contribution in [1.29, 1.82) is 0 Å². The molecule has 78 valence electrons. The van der Waals surface area contributed by atoms with Crippen LogP contribution < -0.4 is 4.84 Å². The minimum Gasteiger partial charge on any atom is -0.459 e. The average Bonchev–Trinajstić information content (AvgIpc) is 2.63. The van der Waals surface area contributed by atoms with Crippen molar-refractivity contribution in [3.63, 3.8) is 0 Å². The molecule has 14 heavy (non-hydrogen) atoms. The molecule has 0 spiro atoms. The quantitative estimate of drug-likeness (QED) is 0.575. The molecule has 0 saturated heterocycles. The van der Waals surface area contributed by atoms with Crippen molar-refractivity contribution < 1.29 is 13.9 Å². The van der Waals surface area contributed by atoms with Gasteiger partial charge in [0.15, 0.2) is 0 Å². The number of ether oxygens (including phenoxy) is 1. The van der Waals surface area contributed by atoms with Gasteiger partial charge in [-0.3, -0.25) is 0 Å². The first-order valence-corrected chi connectivity index (χ1v) is 4.48. The topological polar surface area (TPSA) is 77.2 Å². The zero-order valence-corrected chi connectivity index (χ0v) is 8.37. The van der Waals surface area contributed by atoms with Gasteiger partial charge in [-0.1, -0.05) is 0 Å². The molecule has 7 heteroatoms. The molecule has 0 aliphatic rings. The molecule has 0 saturated carbocycles. The van der Waals surface area contributed by atoms with Crippen LogP contribution >= 0.6 is 11.8 Å². The fourth-order valence-electron chi connectivity index (χ4n) is 0.784. The second-order valence-electron chi connectivity index (χ2n) is 2.36. The molecule has 0 fully saturated rings. The van der Waals surface area contributed by atoms with Crippen LogP contribution in [0.15, 0.2) is 4.42 Å². The number of halogens is 1. The van der Waals surface area contributed by atoms with E-state index in [1.165, 1.54) is 0 Å². The van der Waals surface area contributed by atoms with E-state index in [1.54, 1.807) is 6.92 Å². The van der Waals surface area contributed by atoms with Gasteiger partial charge in [-0.2, -0.15) is 0 Å². The monoisotopic (exact) mass is 219 g/mol. The lowest BCUT2D eigenvalue weighted by Gasteiger charge is -1.94. The highest BCUT2D eigenvalue weighted by Gasteiger charge is 2.15. The minimum atomic E-state index is -0.606. The lowest BCUT2D eigenvalue weighted by atomic mass is 10.4. The van der Waals surface area contributed by atoms with Crippen molar-refractivity contribution in [3.05, 3.63) is 11.8 Å². The Balaban J connectivity index is 2.54. The van der Waals surface area contributed by atoms with E-state index in [2.05, 4.69) is 19.8 Å². The van der Waals surface area contributed by atoms with Crippen LogP contribution in [0.2, 0.25) is 0 Å². The molecule has 0 aromatic carbocycles. The van der Waals surface area contributed by atoms with Gasteiger partial charge in [0, 0.05) is 13.0 Å². The van der Waals surface area contributed by atoms with Crippen LogP contribution in [0.5, 0.6) is 0 Å². The Labute approximate surface area is 85.7 Å². The van der Waals surface area contributed by atoms with E-state index in [0.717, 1.165) is 0 Å². The van der Waals surface area contributed by atoms with E-state index < -0.39 is 5.97 Å². The smallest absolute Gasteiger partial charge is 0.396 e. The summed E-state index contributed by atoms with van der Waals surface area (Å²) in [5, 5.41) is 7.17. The first kappa shape index (κ1) is 10.9. The van der Waals surface area contributed by atoms with Crippen LogP contribution in [0.4, 0.5) is 0 Å². The van der Waals surface area contributed by atoms with E-state index in [1.807, 2.05) is 0 Å². The van der Waals surface area contributed by atoms with E-state index >= 15 is 0 Å². The predicted molar refractivity (Wildman–Crippen MR) is 47.8 cm³/mol. The number of nitrogens with zero attached hydrogens (tertiary/aromatic N) is 2. The first-order chi connectivity index (χ1) is 6.77. The third-order valence-corrected chi connectivity index (χ3v) is 1.54. The van der Waals surface area contributed by atoms with Crippen molar-refractivity contribution in [3.8, 4) is 0 Å². The van der Waals surface area contributed by atoms with Crippen LogP contribution in [0.25, 0.3) is 0 Å². The summed E-state index contributed by atoms with van der Waals surface area (Å²) >= 11 is 5.24. The second kappa shape index (κ2) is 5.56. The molecule has 1 N–H and O–H groups in total. The van der Waals surface area contributed by atoms with Crippen molar-refractivity contribution in [2.45, 2.75) is 13.3 Å². The standard InChI is InChI=1S/C7H10ClN3O3/c1-2-13-7(12)6-11-10-5(14-6)3-4-9-8/h9H,2-4H2,1H3. The maximum atomic E-state index is 11.1. The summed E-state index contributed by atoms with van der Waals surface area (Å²) in [6.07, 6.45) is 0.468. The average molecular weight is 220 g/mol. The molecular formula is C7H10ClN3O3. The highest BCUT2D eigenvalue weighted by atomic mass is 35.5. The third-order valence-electron chi connectivity index (χ3n) is 1.35. The number of esters is 1. The molecular weight excluding hydrogens is 210 g/mol. The van der Waals surface area contributed by atoms with Crippen LogP contribution in [0.1, 0.15) is 23.5 Å². The molecule has 0 atom stereocenters. The van der Waals surface area contributed by atoms with Crippen molar-refractivity contribution >= 4 is 17.7 Å². The Morgan fingerprint density at radius 2 is 2.43 bits per heavy atom. The maximum absolute atomic E-state index is 11.1. The Morgan fingerprint density at radius 3 is 3.07 bits per heavy atom. The largest absolute Gasteiger partial charge is 0.459 e. The molecule has 0 bridgehead atoms. The van der Waals surface area contributed by atoms with Gasteiger partial charge in [-0.15, -0.1) is 10.2 Å². The maximum Gasteiger partial charge on any atom is 0.396 e. The molecule has 0 unspecified atom stereocenters. The second-order valence-corrected chi connectivity index (χ2v) is 2.62. The highest BCUT2D eigenvalue weighted by Crippen LogP contribution is 2.02. The summed E-state index contributed by atoms with van der Waals surface area (Å²) in [5.41, 5.74) is 0. The Morgan fingerprint density at radius 1 is 1.64 bits per heavy atom. The number of nitrogens with one attached hydrogen (secondary N) is 1. The van der Waals surface area contributed by atoms with Crippen LogP contribution in [0.3, 0.4) is 0 Å². The fraction of sp³-hybridized carbons (Fsp3) is 0.571. The molecule has 1 rings (SSSR count). The molecule has 0 radical (unpaired) electrons.